The topological polar surface area (TPSA) is 157 Å². The summed E-state index contributed by atoms with van der Waals surface area (Å²) in [5, 5.41) is 39.6. The molecule has 11 nitrogen and oxygen atoms in total. The highest BCUT2D eigenvalue weighted by Gasteiger charge is 2.44. The van der Waals surface area contributed by atoms with Crippen molar-refractivity contribution in [3.63, 3.8) is 0 Å². The SMILES string of the molecule is COc1cc2c(cc1-c1coc3cc(O[C@@H]4O[C@H](CO)[C@@H](O)[C@H](O)[C@H]4O)ccc3c1=O)OCO2. The van der Waals surface area contributed by atoms with Crippen molar-refractivity contribution >= 4 is 11.0 Å². The van der Waals surface area contributed by atoms with E-state index < -0.39 is 37.3 Å². The first-order valence-corrected chi connectivity index (χ1v) is 10.4. The number of methoxy groups -OCH3 is 1. The van der Waals surface area contributed by atoms with Gasteiger partial charge in [-0.25, -0.2) is 0 Å². The van der Waals surface area contributed by atoms with Crippen LogP contribution in [-0.2, 0) is 4.74 Å². The lowest BCUT2D eigenvalue weighted by molar-refractivity contribution is -0.277. The van der Waals surface area contributed by atoms with Gasteiger partial charge in [0.05, 0.1) is 24.7 Å². The fraction of sp³-hybridized carbons (Fsp3) is 0.348. The normalized spacial score (nSPS) is 26.0. The van der Waals surface area contributed by atoms with Crippen LogP contribution in [0.3, 0.4) is 0 Å². The molecule has 0 amide bonds. The minimum Gasteiger partial charge on any atom is -0.496 e. The third-order valence-corrected chi connectivity index (χ3v) is 5.83. The van der Waals surface area contributed by atoms with Crippen LogP contribution in [0.2, 0.25) is 0 Å². The lowest BCUT2D eigenvalue weighted by Gasteiger charge is -2.39. The van der Waals surface area contributed by atoms with Crippen molar-refractivity contribution in [2.75, 3.05) is 20.5 Å². The van der Waals surface area contributed by atoms with E-state index in [0.717, 1.165) is 0 Å². The predicted octanol–water partition coefficient (Wildman–Crippen LogP) is 0.376. The first-order valence-electron chi connectivity index (χ1n) is 10.4. The zero-order valence-corrected chi connectivity index (χ0v) is 17.9. The summed E-state index contributed by atoms with van der Waals surface area (Å²) in [6.45, 7) is -0.505. The molecule has 4 N–H and O–H groups in total. The van der Waals surface area contributed by atoms with Crippen molar-refractivity contribution in [3.05, 3.63) is 46.8 Å². The van der Waals surface area contributed by atoms with Gasteiger partial charge >= 0.3 is 0 Å². The van der Waals surface area contributed by atoms with E-state index in [1.54, 1.807) is 12.1 Å². The van der Waals surface area contributed by atoms with Crippen LogP contribution in [0.25, 0.3) is 22.1 Å². The number of hydrogen-bond acceptors (Lipinski definition) is 11. The van der Waals surface area contributed by atoms with Crippen LogP contribution in [0.5, 0.6) is 23.0 Å². The summed E-state index contributed by atoms with van der Waals surface area (Å²) in [4.78, 5) is 13.2. The third kappa shape index (κ3) is 3.73. The van der Waals surface area contributed by atoms with Gasteiger partial charge in [-0.15, -0.1) is 0 Å². The highest BCUT2D eigenvalue weighted by Crippen LogP contribution is 2.42. The Morgan fingerprint density at radius 1 is 1.00 bits per heavy atom. The Hall–Kier alpha value is -3.35. The van der Waals surface area contributed by atoms with Crippen molar-refractivity contribution in [1.82, 2.24) is 0 Å². The highest BCUT2D eigenvalue weighted by atomic mass is 16.7. The van der Waals surface area contributed by atoms with E-state index in [2.05, 4.69) is 0 Å². The molecule has 11 heteroatoms. The minimum absolute atomic E-state index is 0.0749. The van der Waals surface area contributed by atoms with Crippen LogP contribution in [0, 0.1) is 0 Å². The third-order valence-electron chi connectivity index (χ3n) is 5.83. The van der Waals surface area contributed by atoms with Crippen LogP contribution in [-0.4, -0.2) is 71.6 Å². The first kappa shape index (κ1) is 22.4. The standard InChI is InChI=1S/C23H22O11/c1-29-14-6-17-16(31-9-32-17)5-12(14)13-8-30-15-4-10(2-3-11(15)19(13)25)33-23-22(28)21(27)20(26)18(7-24)34-23/h2-6,8,18,20-24,26-28H,7,9H2,1H3/t18-,20-,21+,22-,23-/m1/s1. The molecule has 2 aliphatic heterocycles. The van der Waals surface area contributed by atoms with Crippen LogP contribution >= 0.6 is 0 Å². The molecule has 2 aromatic carbocycles. The number of benzene rings is 2. The molecule has 0 bridgehead atoms. The monoisotopic (exact) mass is 474 g/mol. The molecule has 2 aliphatic rings. The van der Waals surface area contributed by atoms with Gasteiger partial charge in [-0.1, -0.05) is 0 Å². The Morgan fingerprint density at radius 2 is 1.76 bits per heavy atom. The molecule has 180 valence electrons. The molecule has 0 saturated carbocycles. The molecule has 3 aromatic rings. The molecular weight excluding hydrogens is 452 g/mol. The molecule has 5 rings (SSSR count). The molecule has 34 heavy (non-hydrogen) atoms. The Balaban J connectivity index is 1.46. The second-order valence-electron chi connectivity index (χ2n) is 7.86. The maximum Gasteiger partial charge on any atom is 0.231 e. The number of fused-ring (bicyclic) bond motifs is 2. The summed E-state index contributed by atoms with van der Waals surface area (Å²) < 4.78 is 32.8. The quantitative estimate of drug-likeness (QED) is 0.405. The maximum atomic E-state index is 13.2. The fourth-order valence-electron chi connectivity index (χ4n) is 3.97. The maximum absolute atomic E-state index is 13.2. The van der Waals surface area contributed by atoms with Gasteiger partial charge in [-0.2, -0.15) is 0 Å². The smallest absolute Gasteiger partial charge is 0.231 e. The van der Waals surface area contributed by atoms with Crippen LogP contribution in [0.15, 0.2) is 45.8 Å². The summed E-state index contributed by atoms with van der Waals surface area (Å²) in [6, 6.07) is 7.68. The lowest BCUT2D eigenvalue weighted by Crippen LogP contribution is -2.60. The molecule has 1 fully saturated rings. The van der Waals surface area contributed by atoms with Gasteiger partial charge in [0.15, 0.2) is 11.5 Å². The van der Waals surface area contributed by atoms with Gasteiger partial charge in [0.2, 0.25) is 18.5 Å². The highest BCUT2D eigenvalue weighted by molar-refractivity contribution is 5.84. The van der Waals surface area contributed by atoms with E-state index in [-0.39, 0.29) is 34.5 Å². The van der Waals surface area contributed by atoms with Gasteiger partial charge in [0.1, 0.15) is 47.8 Å². The Kier molecular flexibility index (Phi) is 5.80. The molecule has 3 heterocycles. The lowest BCUT2D eigenvalue weighted by atomic mass is 9.99. The van der Waals surface area contributed by atoms with Gasteiger partial charge < -0.3 is 48.5 Å². The molecule has 0 spiro atoms. The average molecular weight is 474 g/mol. The Bertz CT molecular complexity index is 1270. The second kappa shape index (κ2) is 8.78. The number of hydrogen-bond donors (Lipinski definition) is 4. The summed E-state index contributed by atoms with van der Waals surface area (Å²) in [7, 11) is 1.48. The van der Waals surface area contributed by atoms with Crippen LogP contribution < -0.4 is 24.4 Å². The summed E-state index contributed by atoms with van der Waals surface area (Å²) >= 11 is 0. The summed E-state index contributed by atoms with van der Waals surface area (Å²) in [5.74, 6) is 1.59. The molecule has 0 radical (unpaired) electrons. The second-order valence-corrected chi connectivity index (χ2v) is 7.86. The molecule has 1 aromatic heterocycles. The molecule has 1 saturated heterocycles. The van der Waals surface area contributed by atoms with Gasteiger partial charge in [-0.05, 0) is 18.2 Å². The average Bonchev–Trinajstić information content (AvgIpc) is 3.31. The minimum atomic E-state index is -1.58. The van der Waals surface area contributed by atoms with Gasteiger partial charge in [0, 0.05) is 17.7 Å². The van der Waals surface area contributed by atoms with E-state index in [0.29, 0.717) is 22.8 Å². The predicted molar refractivity (Wildman–Crippen MR) is 115 cm³/mol. The summed E-state index contributed by atoms with van der Waals surface area (Å²) in [5.41, 5.74) is 0.614. The summed E-state index contributed by atoms with van der Waals surface area (Å²) in [6.07, 6.45) is -5.82. The Labute approximate surface area is 192 Å². The Morgan fingerprint density at radius 3 is 2.50 bits per heavy atom. The van der Waals surface area contributed by atoms with Crippen molar-refractivity contribution in [2.24, 2.45) is 0 Å². The van der Waals surface area contributed by atoms with Gasteiger partial charge in [-0.3, -0.25) is 4.79 Å². The zero-order valence-electron chi connectivity index (χ0n) is 17.9. The zero-order chi connectivity index (χ0) is 24.0. The van der Waals surface area contributed by atoms with Crippen LogP contribution in [0.1, 0.15) is 0 Å². The number of aliphatic hydroxyl groups excluding tert-OH is 4. The number of rotatable bonds is 5. The fourth-order valence-corrected chi connectivity index (χ4v) is 3.97. The largest absolute Gasteiger partial charge is 0.496 e. The van der Waals surface area contributed by atoms with Crippen molar-refractivity contribution in [1.29, 1.82) is 0 Å². The first-order chi connectivity index (χ1) is 16.4. The van der Waals surface area contributed by atoms with E-state index in [9.17, 15) is 25.2 Å². The number of aliphatic hydroxyl groups is 4. The van der Waals surface area contributed by atoms with E-state index >= 15 is 0 Å². The van der Waals surface area contributed by atoms with Crippen LogP contribution in [0.4, 0.5) is 0 Å². The van der Waals surface area contributed by atoms with Gasteiger partial charge in [0.25, 0.3) is 0 Å². The van der Waals surface area contributed by atoms with Crippen molar-refractivity contribution in [2.45, 2.75) is 30.7 Å². The molecule has 5 atom stereocenters. The van der Waals surface area contributed by atoms with Crippen molar-refractivity contribution < 1.29 is 48.5 Å². The molecule has 0 aliphatic carbocycles. The van der Waals surface area contributed by atoms with E-state index in [1.807, 2.05) is 0 Å². The van der Waals surface area contributed by atoms with E-state index in [4.69, 9.17) is 28.1 Å². The number of ether oxygens (including phenoxy) is 5. The molecular formula is C23H22O11. The van der Waals surface area contributed by atoms with Crippen molar-refractivity contribution in [3.8, 4) is 34.1 Å². The van der Waals surface area contributed by atoms with E-state index in [1.165, 1.54) is 31.6 Å². The molecule has 0 unspecified atom stereocenters.